The van der Waals surface area contributed by atoms with Gasteiger partial charge in [0.05, 0.1) is 5.38 Å². The van der Waals surface area contributed by atoms with Crippen LogP contribution in [0.5, 0.6) is 0 Å². The van der Waals surface area contributed by atoms with Crippen LogP contribution in [0.2, 0.25) is 0 Å². The van der Waals surface area contributed by atoms with Crippen molar-refractivity contribution in [1.82, 2.24) is 0 Å². The number of halogens is 2. The summed E-state index contributed by atoms with van der Waals surface area (Å²) in [5.74, 6) is 0.311. The fourth-order valence-electron chi connectivity index (χ4n) is 2.35. The van der Waals surface area contributed by atoms with E-state index in [1.54, 1.807) is 0 Å². The summed E-state index contributed by atoms with van der Waals surface area (Å²) in [6.07, 6.45) is 0.890. The highest BCUT2D eigenvalue weighted by molar-refractivity contribution is 6.21. The first-order chi connectivity index (χ1) is 9.30. The Morgan fingerprint density at radius 1 is 1.05 bits per heavy atom. The first kappa shape index (κ1) is 15.3. The Labute approximate surface area is 126 Å². The maximum absolute atomic E-state index is 13.8. The minimum absolute atomic E-state index is 0.0882. The van der Waals surface area contributed by atoms with Crippen LogP contribution in [0.25, 0.3) is 10.8 Å². The Kier molecular flexibility index (Phi) is 4.39. The zero-order valence-corrected chi connectivity index (χ0v) is 13.3. The molecule has 2 aromatic carbocycles. The van der Waals surface area contributed by atoms with E-state index in [4.69, 9.17) is 11.6 Å². The normalized spacial score (nSPS) is 15.3. The molecule has 0 aliphatic rings. The van der Waals surface area contributed by atoms with Crippen molar-refractivity contribution in [2.24, 2.45) is 11.3 Å². The van der Waals surface area contributed by atoms with E-state index in [1.165, 1.54) is 6.07 Å². The molecule has 0 saturated heterocycles. The summed E-state index contributed by atoms with van der Waals surface area (Å²) >= 11 is 6.62. The molecule has 0 bridgehead atoms. The lowest BCUT2D eigenvalue weighted by Gasteiger charge is -2.29. The molecular weight excluding hydrogens is 271 g/mol. The molecule has 0 spiro atoms. The molecule has 2 aromatic rings. The summed E-state index contributed by atoms with van der Waals surface area (Å²) in [5, 5.41) is 1.49. The number of alkyl halides is 1. The lowest BCUT2D eigenvalue weighted by Crippen LogP contribution is -2.18. The van der Waals surface area contributed by atoms with Crippen LogP contribution in [0.3, 0.4) is 0 Å². The minimum Gasteiger partial charge on any atom is -0.206 e. The average Bonchev–Trinajstić information content (AvgIpc) is 2.38. The van der Waals surface area contributed by atoms with Crippen molar-refractivity contribution in [3.63, 3.8) is 0 Å². The SMILES string of the molecule is CC(CC(Cl)c1ccc(F)c2ccccc12)C(C)(C)C. The van der Waals surface area contributed by atoms with Crippen LogP contribution < -0.4 is 0 Å². The highest BCUT2D eigenvalue weighted by atomic mass is 35.5. The second-order valence-corrected chi connectivity index (χ2v) is 7.18. The van der Waals surface area contributed by atoms with Crippen LogP contribution in [0.1, 0.15) is 45.1 Å². The van der Waals surface area contributed by atoms with Crippen LogP contribution in [-0.2, 0) is 0 Å². The van der Waals surface area contributed by atoms with E-state index in [0.717, 1.165) is 17.4 Å². The molecule has 0 aromatic heterocycles. The molecule has 0 amide bonds. The van der Waals surface area contributed by atoms with Crippen LogP contribution in [0, 0.1) is 17.2 Å². The molecule has 2 unspecified atom stereocenters. The third-order valence-electron chi connectivity index (χ3n) is 4.28. The maximum atomic E-state index is 13.8. The van der Waals surface area contributed by atoms with Gasteiger partial charge in [0.25, 0.3) is 0 Å². The first-order valence-corrected chi connectivity index (χ1v) is 7.55. The molecule has 2 rings (SSSR count). The third-order valence-corrected chi connectivity index (χ3v) is 4.69. The quantitative estimate of drug-likeness (QED) is 0.580. The smallest absolute Gasteiger partial charge is 0.131 e. The number of fused-ring (bicyclic) bond motifs is 1. The summed E-state index contributed by atoms with van der Waals surface area (Å²) < 4.78 is 13.8. The molecule has 0 N–H and O–H groups in total. The van der Waals surface area contributed by atoms with Crippen molar-refractivity contribution in [2.45, 2.75) is 39.5 Å². The van der Waals surface area contributed by atoms with Gasteiger partial charge in [-0.1, -0.05) is 58.0 Å². The van der Waals surface area contributed by atoms with E-state index in [2.05, 4.69) is 27.7 Å². The molecule has 2 heteroatoms. The van der Waals surface area contributed by atoms with E-state index in [9.17, 15) is 4.39 Å². The van der Waals surface area contributed by atoms with Crippen molar-refractivity contribution in [2.75, 3.05) is 0 Å². The van der Waals surface area contributed by atoms with E-state index in [1.807, 2.05) is 30.3 Å². The summed E-state index contributed by atoms with van der Waals surface area (Å²) in [5.41, 5.74) is 1.25. The van der Waals surface area contributed by atoms with Gasteiger partial charge in [-0.05, 0) is 34.8 Å². The Balaban J connectivity index is 2.36. The molecule has 20 heavy (non-hydrogen) atoms. The largest absolute Gasteiger partial charge is 0.206 e. The number of rotatable bonds is 3. The summed E-state index contributed by atoms with van der Waals surface area (Å²) in [6, 6.07) is 10.9. The maximum Gasteiger partial charge on any atom is 0.131 e. The van der Waals surface area contributed by atoms with Crippen LogP contribution >= 0.6 is 11.6 Å². The molecule has 0 heterocycles. The average molecular weight is 293 g/mol. The molecule has 108 valence electrons. The number of hydrogen-bond acceptors (Lipinski definition) is 0. The zero-order valence-electron chi connectivity index (χ0n) is 12.6. The van der Waals surface area contributed by atoms with Crippen LogP contribution in [0.15, 0.2) is 36.4 Å². The second kappa shape index (κ2) is 5.73. The first-order valence-electron chi connectivity index (χ1n) is 7.12. The third kappa shape index (κ3) is 3.15. The number of hydrogen-bond donors (Lipinski definition) is 0. The van der Waals surface area contributed by atoms with Gasteiger partial charge < -0.3 is 0 Å². The fourth-order valence-corrected chi connectivity index (χ4v) is 2.81. The van der Waals surface area contributed by atoms with Crippen molar-refractivity contribution in [3.8, 4) is 0 Å². The molecule has 0 radical (unpaired) electrons. The van der Waals surface area contributed by atoms with Gasteiger partial charge in [-0.2, -0.15) is 0 Å². The van der Waals surface area contributed by atoms with Gasteiger partial charge in [-0.15, -0.1) is 11.6 Å². The molecule has 2 atom stereocenters. The van der Waals surface area contributed by atoms with Gasteiger partial charge in [-0.3, -0.25) is 0 Å². The summed E-state index contributed by atoms with van der Waals surface area (Å²) in [6.45, 7) is 8.90. The summed E-state index contributed by atoms with van der Waals surface area (Å²) in [7, 11) is 0. The molecule has 0 saturated carbocycles. The predicted octanol–water partition coefficient (Wildman–Crippen LogP) is 6.33. The Hall–Kier alpha value is -1.08. The van der Waals surface area contributed by atoms with Gasteiger partial charge >= 0.3 is 0 Å². The van der Waals surface area contributed by atoms with E-state index >= 15 is 0 Å². The highest BCUT2D eigenvalue weighted by Crippen LogP contribution is 2.38. The van der Waals surface area contributed by atoms with Crippen LogP contribution in [0.4, 0.5) is 4.39 Å². The van der Waals surface area contributed by atoms with E-state index in [0.29, 0.717) is 11.3 Å². The van der Waals surface area contributed by atoms with Crippen molar-refractivity contribution < 1.29 is 4.39 Å². The fraction of sp³-hybridized carbons (Fsp3) is 0.444. The molecule has 0 fully saturated rings. The van der Waals surface area contributed by atoms with E-state index < -0.39 is 0 Å². The van der Waals surface area contributed by atoms with E-state index in [-0.39, 0.29) is 16.6 Å². The standard InChI is InChI=1S/C18H22ClF/c1-12(18(2,3)4)11-16(19)14-9-10-17(20)15-8-6-5-7-13(14)15/h5-10,12,16H,11H2,1-4H3. The Bertz CT molecular complexity index is 598. The Morgan fingerprint density at radius 3 is 2.25 bits per heavy atom. The monoisotopic (exact) mass is 292 g/mol. The van der Waals surface area contributed by atoms with Gasteiger partial charge in [0, 0.05) is 5.39 Å². The van der Waals surface area contributed by atoms with Gasteiger partial charge in [0.15, 0.2) is 0 Å². The number of benzene rings is 2. The highest BCUT2D eigenvalue weighted by Gasteiger charge is 2.24. The van der Waals surface area contributed by atoms with Gasteiger partial charge in [-0.25, -0.2) is 4.39 Å². The molecule has 0 aliphatic heterocycles. The lowest BCUT2D eigenvalue weighted by molar-refractivity contribution is 0.245. The van der Waals surface area contributed by atoms with Crippen molar-refractivity contribution in [1.29, 1.82) is 0 Å². The second-order valence-electron chi connectivity index (χ2n) is 6.65. The van der Waals surface area contributed by atoms with Crippen molar-refractivity contribution >= 4 is 22.4 Å². The lowest BCUT2D eigenvalue weighted by atomic mass is 9.78. The molecular formula is C18H22ClF. The predicted molar refractivity (Wildman–Crippen MR) is 85.7 cm³/mol. The molecule has 0 nitrogen and oxygen atoms in total. The topological polar surface area (TPSA) is 0 Å². The zero-order chi connectivity index (χ0) is 14.9. The van der Waals surface area contributed by atoms with Gasteiger partial charge in [0.2, 0.25) is 0 Å². The summed E-state index contributed by atoms with van der Waals surface area (Å²) in [4.78, 5) is 0. The minimum atomic E-state index is -0.183. The van der Waals surface area contributed by atoms with Crippen molar-refractivity contribution in [3.05, 3.63) is 47.8 Å². The van der Waals surface area contributed by atoms with Crippen LogP contribution in [-0.4, -0.2) is 0 Å². The Morgan fingerprint density at radius 2 is 1.65 bits per heavy atom. The molecule has 0 aliphatic carbocycles. The van der Waals surface area contributed by atoms with Gasteiger partial charge in [0.1, 0.15) is 5.82 Å².